The minimum Gasteiger partial charge on any atom is -0.497 e. The van der Waals surface area contributed by atoms with E-state index in [1.165, 1.54) is 15.9 Å². The van der Waals surface area contributed by atoms with Gasteiger partial charge in [0.15, 0.2) is 0 Å². The van der Waals surface area contributed by atoms with Gasteiger partial charge in [0.1, 0.15) is 17.8 Å². The predicted molar refractivity (Wildman–Crippen MR) is 164 cm³/mol. The maximum absolute atomic E-state index is 14.1. The Morgan fingerprint density at radius 3 is 2.22 bits per heavy atom. The normalized spacial score (nSPS) is 13.0. The van der Waals surface area contributed by atoms with Gasteiger partial charge in [-0.3, -0.25) is 14.4 Å². The minimum atomic E-state index is -0.851. The van der Waals surface area contributed by atoms with Crippen LogP contribution in [0, 0.1) is 0 Å². The summed E-state index contributed by atoms with van der Waals surface area (Å²) in [5.41, 5.74) is 7.41. The summed E-state index contributed by atoms with van der Waals surface area (Å²) in [7, 11) is 6.39. The van der Waals surface area contributed by atoms with Crippen LogP contribution in [-0.2, 0) is 27.2 Å². The van der Waals surface area contributed by atoms with Crippen molar-refractivity contribution in [3.63, 3.8) is 0 Å². The van der Waals surface area contributed by atoms with Crippen LogP contribution in [0.25, 0.3) is 10.8 Å². The highest BCUT2D eigenvalue weighted by atomic mass is 16.5. The van der Waals surface area contributed by atoms with E-state index in [4.69, 9.17) is 10.5 Å². The third-order valence-electron chi connectivity index (χ3n) is 7.25. The quantitative estimate of drug-likeness (QED) is 0.330. The van der Waals surface area contributed by atoms with E-state index in [-0.39, 0.29) is 24.1 Å². The molecule has 0 heterocycles. The van der Waals surface area contributed by atoms with Crippen LogP contribution in [0.1, 0.15) is 31.4 Å². The van der Waals surface area contributed by atoms with Crippen LogP contribution < -0.4 is 15.8 Å². The van der Waals surface area contributed by atoms with Crippen molar-refractivity contribution in [1.82, 2.24) is 15.1 Å². The second-order valence-corrected chi connectivity index (χ2v) is 11.0. The SMILES string of the molecule is CNC(=O)C(Cc1cccc2ccccc12)N(C)C(=O)C(Cc1ccc(OC)cc1)N(C)C(=O)/C=C/CC(C)(C)N. The number of methoxy groups -OCH3 is 1. The lowest BCUT2D eigenvalue weighted by molar-refractivity contribution is -0.146. The van der Waals surface area contributed by atoms with Crippen molar-refractivity contribution in [3.8, 4) is 5.75 Å². The molecule has 2 unspecified atom stereocenters. The Kier molecular flexibility index (Phi) is 10.7. The molecule has 0 saturated heterocycles. The number of hydrogen-bond donors (Lipinski definition) is 2. The Labute approximate surface area is 243 Å². The standard InChI is InChI=1S/C33H42N4O4/c1-33(2,34)20-10-15-30(38)36(4)29(21-23-16-18-26(41-6)19-17-23)32(40)37(5)28(31(39)35-3)22-25-13-9-12-24-11-7-8-14-27(24)25/h7-19,28-29H,20-22,34H2,1-6H3,(H,35,39)/b15-10+. The number of likely N-dealkylation sites (N-methyl/N-ethyl adjacent to an activating group) is 3. The van der Waals surface area contributed by atoms with E-state index in [0.717, 1.165) is 21.9 Å². The van der Waals surface area contributed by atoms with Gasteiger partial charge in [-0.15, -0.1) is 0 Å². The Morgan fingerprint density at radius 1 is 0.927 bits per heavy atom. The smallest absolute Gasteiger partial charge is 0.246 e. The fourth-order valence-corrected chi connectivity index (χ4v) is 4.75. The first kappa shape index (κ1) is 31.4. The van der Waals surface area contributed by atoms with E-state index < -0.39 is 17.6 Å². The highest BCUT2D eigenvalue weighted by Gasteiger charge is 2.34. The van der Waals surface area contributed by atoms with E-state index in [9.17, 15) is 14.4 Å². The molecule has 218 valence electrons. The summed E-state index contributed by atoms with van der Waals surface area (Å²) >= 11 is 0. The average molecular weight is 559 g/mol. The summed E-state index contributed by atoms with van der Waals surface area (Å²) in [6, 6.07) is 19.7. The number of nitrogens with zero attached hydrogens (tertiary/aromatic N) is 2. The van der Waals surface area contributed by atoms with Gasteiger partial charge >= 0.3 is 0 Å². The number of carbonyl (C=O) groups excluding carboxylic acids is 3. The van der Waals surface area contributed by atoms with Crippen molar-refractivity contribution >= 4 is 28.5 Å². The summed E-state index contributed by atoms with van der Waals surface area (Å²) in [4.78, 5) is 43.4. The number of benzene rings is 3. The van der Waals surface area contributed by atoms with Crippen LogP contribution in [0.5, 0.6) is 5.75 Å². The molecule has 3 aromatic rings. The summed E-state index contributed by atoms with van der Waals surface area (Å²) in [5, 5.41) is 4.80. The molecule has 0 saturated carbocycles. The molecule has 2 atom stereocenters. The fraction of sp³-hybridized carbons (Fsp3) is 0.364. The van der Waals surface area contributed by atoms with Crippen LogP contribution in [0.4, 0.5) is 0 Å². The number of fused-ring (bicyclic) bond motifs is 1. The molecule has 0 aliphatic heterocycles. The number of amides is 3. The zero-order chi connectivity index (χ0) is 30.2. The molecule has 0 radical (unpaired) electrons. The lowest BCUT2D eigenvalue weighted by Crippen LogP contribution is -2.55. The Hall–Kier alpha value is -4.17. The Morgan fingerprint density at radius 2 is 1.59 bits per heavy atom. The van der Waals surface area contributed by atoms with Crippen LogP contribution in [0.3, 0.4) is 0 Å². The maximum atomic E-state index is 14.1. The van der Waals surface area contributed by atoms with Crippen LogP contribution in [0.2, 0.25) is 0 Å². The van der Waals surface area contributed by atoms with Gasteiger partial charge in [0.05, 0.1) is 7.11 Å². The van der Waals surface area contributed by atoms with Gasteiger partial charge in [-0.05, 0) is 60.4 Å². The second-order valence-electron chi connectivity index (χ2n) is 11.0. The van der Waals surface area contributed by atoms with Crippen molar-refractivity contribution < 1.29 is 19.1 Å². The molecule has 0 aliphatic carbocycles. The number of nitrogens with one attached hydrogen (secondary N) is 1. The third-order valence-corrected chi connectivity index (χ3v) is 7.25. The molecule has 3 rings (SSSR count). The molecule has 0 bridgehead atoms. The Balaban J connectivity index is 1.94. The van der Waals surface area contributed by atoms with Gasteiger partial charge in [-0.1, -0.05) is 60.7 Å². The maximum Gasteiger partial charge on any atom is 0.246 e. The monoisotopic (exact) mass is 558 g/mol. The first-order valence-electron chi connectivity index (χ1n) is 13.7. The van der Waals surface area contributed by atoms with E-state index >= 15 is 0 Å². The predicted octanol–water partition coefficient (Wildman–Crippen LogP) is 3.72. The highest BCUT2D eigenvalue weighted by Crippen LogP contribution is 2.22. The zero-order valence-corrected chi connectivity index (χ0v) is 24.9. The first-order chi connectivity index (χ1) is 19.4. The van der Waals surface area contributed by atoms with Crippen molar-refractivity contribution in [2.24, 2.45) is 5.73 Å². The lowest BCUT2D eigenvalue weighted by Gasteiger charge is -2.34. The molecule has 8 heteroatoms. The number of hydrogen-bond acceptors (Lipinski definition) is 5. The average Bonchev–Trinajstić information content (AvgIpc) is 2.96. The van der Waals surface area contributed by atoms with Gasteiger partial charge in [0, 0.05) is 39.5 Å². The molecular weight excluding hydrogens is 516 g/mol. The molecular formula is C33H42N4O4. The van der Waals surface area contributed by atoms with E-state index in [1.54, 1.807) is 34.3 Å². The molecule has 0 spiro atoms. The van der Waals surface area contributed by atoms with Gasteiger partial charge in [0.25, 0.3) is 0 Å². The fourth-order valence-electron chi connectivity index (χ4n) is 4.75. The lowest BCUT2D eigenvalue weighted by atomic mass is 9.96. The van der Waals surface area contributed by atoms with Crippen LogP contribution in [-0.4, -0.2) is 73.4 Å². The highest BCUT2D eigenvalue weighted by molar-refractivity contribution is 5.95. The van der Waals surface area contributed by atoms with Crippen molar-refractivity contribution in [2.75, 3.05) is 28.3 Å². The molecule has 0 aliphatic rings. The largest absolute Gasteiger partial charge is 0.497 e. The van der Waals surface area contributed by atoms with Gasteiger partial charge < -0.3 is 25.6 Å². The van der Waals surface area contributed by atoms with Crippen molar-refractivity contribution in [2.45, 2.75) is 50.7 Å². The van der Waals surface area contributed by atoms with E-state index in [0.29, 0.717) is 18.6 Å². The molecule has 41 heavy (non-hydrogen) atoms. The molecule has 3 amide bonds. The van der Waals surface area contributed by atoms with Gasteiger partial charge in [-0.2, -0.15) is 0 Å². The third kappa shape index (κ3) is 8.41. The summed E-state index contributed by atoms with van der Waals surface area (Å²) < 4.78 is 5.27. The number of ether oxygens (including phenoxy) is 1. The van der Waals surface area contributed by atoms with Gasteiger partial charge in [-0.25, -0.2) is 0 Å². The summed E-state index contributed by atoms with van der Waals surface area (Å²) in [6.07, 6.45) is 4.27. The molecule has 0 aromatic heterocycles. The molecule has 3 aromatic carbocycles. The van der Waals surface area contributed by atoms with Crippen molar-refractivity contribution in [3.05, 3.63) is 90.0 Å². The number of nitrogens with two attached hydrogens (primary N) is 1. The van der Waals surface area contributed by atoms with Gasteiger partial charge in [0.2, 0.25) is 17.7 Å². The van der Waals surface area contributed by atoms with Crippen LogP contribution >= 0.6 is 0 Å². The summed E-state index contributed by atoms with van der Waals surface area (Å²) in [6.45, 7) is 3.76. The van der Waals surface area contributed by atoms with E-state index in [1.807, 2.05) is 80.6 Å². The number of carbonyl (C=O) groups is 3. The van der Waals surface area contributed by atoms with Crippen molar-refractivity contribution in [1.29, 1.82) is 0 Å². The molecule has 3 N–H and O–H groups in total. The molecule has 0 fully saturated rings. The first-order valence-corrected chi connectivity index (χ1v) is 13.7. The summed E-state index contributed by atoms with van der Waals surface area (Å²) in [5.74, 6) is -0.241. The second kappa shape index (κ2) is 13.9. The zero-order valence-electron chi connectivity index (χ0n) is 24.9. The van der Waals surface area contributed by atoms with E-state index in [2.05, 4.69) is 5.32 Å². The minimum absolute atomic E-state index is 0.264. The number of rotatable bonds is 12. The Bertz CT molecular complexity index is 1370. The van der Waals surface area contributed by atoms with Crippen LogP contribution in [0.15, 0.2) is 78.9 Å². The molecule has 8 nitrogen and oxygen atoms in total. The topological polar surface area (TPSA) is 105 Å².